The van der Waals surface area contributed by atoms with Crippen molar-refractivity contribution in [2.24, 2.45) is 0 Å². The molecular weight excluding hydrogens is 667 g/mol. The highest BCUT2D eigenvalue weighted by atomic mass is 16.5. The minimum absolute atomic E-state index is 0.251. The van der Waals surface area contributed by atoms with Gasteiger partial charge in [0.15, 0.2) is 0 Å². The fourth-order valence-electron chi connectivity index (χ4n) is 9.04. The molecule has 264 valence electrons. The summed E-state index contributed by atoms with van der Waals surface area (Å²) in [5.74, 6) is 1.88. The predicted molar refractivity (Wildman–Crippen MR) is 228 cm³/mol. The molecule has 0 N–H and O–H groups in total. The van der Waals surface area contributed by atoms with Crippen molar-refractivity contribution in [2.45, 2.75) is 31.6 Å². The van der Waals surface area contributed by atoms with Gasteiger partial charge in [0.2, 0.25) is 0 Å². The lowest BCUT2D eigenvalue weighted by molar-refractivity contribution is 0.428. The molecule has 8 aromatic carbocycles. The highest BCUT2D eigenvalue weighted by molar-refractivity contribution is 5.91. The third-order valence-electron chi connectivity index (χ3n) is 12.0. The standard InChI is InChI=1S/C53H41NO/c1-52(2)46-33-34-47-51(55-49-22-14-13-21-45(49)53(47,3)40-19-11-6-12-20-40)50(46)44-32-31-43(35-48(44)52)54(41-27-23-38(24-28-41)36-15-7-4-8-16-36)42-29-25-39(26-30-42)37-17-9-5-10-18-37/h4-35H,1-3H3. The molecule has 1 unspecified atom stereocenters. The Balaban J connectivity index is 1.12. The molecule has 0 saturated heterocycles. The van der Waals surface area contributed by atoms with Gasteiger partial charge in [0.1, 0.15) is 11.5 Å². The fourth-order valence-corrected chi connectivity index (χ4v) is 9.04. The van der Waals surface area contributed by atoms with Crippen molar-refractivity contribution in [3.05, 3.63) is 222 Å². The first-order chi connectivity index (χ1) is 26.9. The lowest BCUT2D eigenvalue weighted by atomic mass is 9.68. The van der Waals surface area contributed by atoms with Crippen molar-refractivity contribution >= 4 is 17.1 Å². The Kier molecular flexibility index (Phi) is 7.64. The Hall–Kier alpha value is -6.64. The van der Waals surface area contributed by atoms with Crippen LogP contribution >= 0.6 is 0 Å². The molecule has 0 fully saturated rings. The average Bonchev–Trinajstić information content (AvgIpc) is 3.48. The maximum atomic E-state index is 6.99. The van der Waals surface area contributed by atoms with Crippen LogP contribution in [0.2, 0.25) is 0 Å². The fraction of sp³-hybridized carbons (Fsp3) is 0.0943. The van der Waals surface area contributed by atoms with Gasteiger partial charge in [-0.15, -0.1) is 0 Å². The van der Waals surface area contributed by atoms with E-state index in [1.165, 1.54) is 61.2 Å². The van der Waals surface area contributed by atoms with Gasteiger partial charge in [-0.05, 0) is 93.9 Å². The summed E-state index contributed by atoms with van der Waals surface area (Å²) in [6.07, 6.45) is 0. The second-order valence-corrected chi connectivity index (χ2v) is 15.5. The summed E-state index contributed by atoms with van der Waals surface area (Å²) >= 11 is 0. The number of anilines is 3. The molecule has 1 aliphatic heterocycles. The Bertz CT molecular complexity index is 2600. The Morgan fingerprint density at radius 2 is 0.891 bits per heavy atom. The van der Waals surface area contributed by atoms with Crippen LogP contribution in [0, 0.1) is 0 Å². The summed E-state index contributed by atoms with van der Waals surface area (Å²) in [5.41, 5.74) is 16.2. The van der Waals surface area contributed by atoms with Gasteiger partial charge in [0, 0.05) is 44.6 Å². The van der Waals surface area contributed by atoms with E-state index in [4.69, 9.17) is 4.74 Å². The van der Waals surface area contributed by atoms with E-state index in [1.54, 1.807) is 0 Å². The van der Waals surface area contributed by atoms with Crippen molar-refractivity contribution in [1.29, 1.82) is 0 Å². The van der Waals surface area contributed by atoms with Crippen molar-refractivity contribution in [1.82, 2.24) is 0 Å². The molecule has 1 heterocycles. The number of fused-ring (bicyclic) bond motifs is 6. The zero-order valence-electron chi connectivity index (χ0n) is 31.3. The molecule has 0 bridgehead atoms. The number of nitrogens with zero attached hydrogens (tertiary/aromatic N) is 1. The zero-order valence-corrected chi connectivity index (χ0v) is 31.3. The maximum Gasteiger partial charge on any atom is 0.140 e. The number of ether oxygens (including phenoxy) is 1. The van der Waals surface area contributed by atoms with Gasteiger partial charge in [-0.3, -0.25) is 0 Å². The quantitative estimate of drug-likeness (QED) is 0.171. The van der Waals surface area contributed by atoms with Crippen molar-refractivity contribution in [3.63, 3.8) is 0 Å². The molecule has 0 saturated carbocycles. The van der Waals surface area contributed by atoms with Crippen LogP contribution in [-0.2, 0) is 10.8 Å². The van der Waals surface area contributed by atoms with E-state index in [1.807, 2.05) is 0 Å². The number of para-hydroxylation sites is 1. The van der Waals surface area contributed by atoms with Crippen LogP contribution in [0.15, 0.2) is 194 Å². The molecule has 0 amide bonds. The largest absolute Gasteiger partial charge is 0.456 e. The summed E-state index contributed by atoms with van der Waals surface area (Å²) < 4.78 is 6.99. The first-order valence-electron chi connectivity index (χ1n) is 19.2. The summed E-state index contributed by atoms with van der Waals surface area (Å²) in [4.78, 5) is 2.39. The Morgan fingerprint density at radius 1 is 0.400 bits per heavy atom. The van der Waals surface area contributed by atoms with Crippen LogP contribution in [0.3, 0.4) is 0 Å². The zero-order chi connectivity index (χ0) is 37.1. The first kappa shape index (κ1) is 33.0. The van der Waals surface area contributed by atoms with E-state index in [2.05, 4.69) is 220 Å². The van der Waals surface area contributed by atoms with Crippen molar-refractivity contribution in [3.8, 4) is 44.9 Å². The van der Waals surface area contributed by atoms with Crippen molar-refractivity contribution < 1.29 is 4.74 Å². The average molecular weight is 708 g/mol. The van der Waals surface area contributed by atoms with Crippen LogP contribution in [0.25, 0.3) is 33.4 Å². The molecule has 8 aromatic rings. The van der Waals surface area contributed by atoms with E-state index in [0.717, 1.165) is 28.6 Å². The maximum absolute atomic E-state index is 6.99. The second kappa shape index (κ2) is 12.7. The Labute approximate surface area is 324 Å². The molecule has 0 spiro atoms. The highest BCUT2D eigenvalue weighted by Gasteiger charge is 2.45. The number of benzene rings is 8. The molecular formula is C53H41NO. The summed E-state index contributed by atoms with van der Waals surface area (Å²) in [6.45, 7) is 7.06. The molecule has 1 atom stereocenters. The van der Waals surface area contributed by atoms with Gasteiger partial charge in [-0.25, -0.2) is 0 Å². The van der Waals surface area contributed by atoms with E-state index in [0.29, 0.717) is 0 Å². The smallest absolute Gasteiger partial charge is 0.140 e. The minimum atomic E-state index is -0.373. The lowest BCUT2D eigenvalue weighted by Crippen LogP contribution is -2.30. The summed E-state index contributed by atoms with van der Waals surface area (Å²) in [5, 5.41) is 0. The van der Waals surface area contributed by atoms with Crippen LogP contribution in [-0.4, -0.2) is 0 Å². The number of hydrogen-bond acceptors (Lipinski definition) is 2. The van der Waals surface area contributed by atoms with E-state index in [-0.39, 0.29) is 10.8 Å². The van der Waals surface area contributed by atoms with Gasteiger partial charge < -0.3 is 9.64 Å². The van der Waals surface area contributed by atoms with E-state index >= 15 is 0 Å². The normalized spacial score (nSPS) is 15.9. The molecule has 10 rings (SSSR count). The van der Waals surface area contributed by atoms with Gasteiger partial charge in [0.05, 0.1) is 0 Å². The summed E-state index contributed by atoms with van der Waals surface area (Å²) in [6, 6.07) is 70.2. The molecule has 2 nitrogen and oxygen atoms in total. The van der Waals surface area contributed by atoms with Gasteiger partial charge in [-0.2, -0.15) is 0 Å². The first-order valence-corrected chi connectivity index (χ1v) is 19.2. The van der Waals surface area contributed by atoms with Crippen LogP contribution in [0.5, 0.6) is 11.5 Å². The van der Waals surface area contributed by atoms with Crippen molar-refractivity contribution in [2.75, 3.05) is 4.90 Å². The molecule has 0 aromatic heterocycles. The molecule has 1 aliphatic carbocycles. The van der Waals surface area contributed by atoms with Gasteiger partial charge in [0.25, 0.3) is 0 Å². The highest BCUT2D eigenvalue weighted by Crippen LogP contribution is 2.60. The van der Waals surface area contributed by atoms with Crippen LogP contribution in [0.4, 0.5) is 17.1 Å². The monoisotopic (exact) mass is 707 g/mol. The van der Waals surface area contributed by atoms with Gasteiger partial charge in [-0.1, -0.05) is 166 Å². The second-order valence-electron chi connectivity index (χ2n) is 15.5. The predicted octanol–water partition coefficient (Wildman–Crippen LogP) is 14.3. The van der Waals surface area contributed by atoms with E-state index < -0.39 is 0 Å². The van der Waals surface area contributed by atoms with Gasteiger partial charge >= 0.3 is 0 Å². The summed E-state index contributed by atoms with van der Waals surface area (Å²) in [7, 11) is 0. The molecule has 2 heteroatoms. The SMILES string of the molecule is CC1(C)c2cc(N(c3ccc(-c4ccccc4)cc3)c3ccc(-c4ccccc4)cc3)ccc2-c2c1ccc1c2Oc2ccccc2C1(C)c1ccccc1. The third kappa shape index (κ3) is 5.24. The number of rotatable bonds is 6. The molecule has 55 heavy (non-hydrogen) atoms. The van der Waals surface area contributed by atoms with E-state index in [9.17, 15) is 0 Å². The van der Waals surface area contributed by atoms with Crippen LogP contribution in [0.1, 0.15) is 48.6 Å². The Morgan fingerprint density at radius 3 is 1.49 bits per heavy atom. The third-order valence-corrected chi connectivity index (χ3v) is 12.0. The van der Waals surface area contributed by atoms with Crippen LogP contribution < -0.4 is 9.64 Å². The molecule has 0 radical (unpaired) electrons. The minimum Gasteiger partial charge on any atom is -0.456 e. The molecule has 2 aliphatic rings. The topological polar surface area (TPSA) is 12.5 Å². The lowest BCUT2D eigenvalue weighted by Gasteiger charge is -2.39. The number of hydrogen-bond donors (Lipinski definition) is 0.